The van der Waals surface area contributed by atoms with Gasteiger partial charge in [-0.15, -0.1) is 0 Å². The lowest BCUT2D eigenvalue weighted by molar-refractivity contribution is -0.131. The van der Waals surface area contributed by atoms with Gasteiger partial charge in [0.1, 0.15) is 0 Å². The van der Waals surface area contributed by atoms with Crippen LogP contribution in [0.2, 0.25) is 0 Å². The van der Waals surface area contributed by atoms with E-state index in [4.69, 9.17) is 5.11 Å². The first-order chi connectivity index (χ1) is 5.79. The fourth-order valence-corrected chi connectivity index (χ4v) is 1.18. The van der Waals surface area contributed by atoms with E-state index in [1.54, 1.807) is 6.20 Å². The van der Waals surface area contributed by atoms with E-state index < -0.39 is 5.97 Å². The van der Waals surface area contributed by atoms with Crippen LogP contribution in [-0.4, -0.2) is 42.2 Å². The molecule has 1 aliphatic rings. The summed E-state index contributed by atoms with van der Waals surface area (Å²) in [5.41, 5.74) is 0. The van der Waals surface area contributed by atoms with Gasteiger partial charge in [0.2, 0.25) is 0 Å². The maximum Gasteiger partial charge on any atom is 0.329 e. The molecular weight excluding hydrogens is 156 g/mol. The third-order valence-electron chi connectivity index (χ3n) is 1.80. The number of nitrogens with zero attached hydrogens (tertiary/aromatic N) is 1. The Labute approximate surface area is 71.9 Å². The molecule has 0 aromatic rings. The standard InChI is InChI=1S/C8H14N2O2/c11-8(12)2-6-10-5-1-3-9-4-7-10/h2,6,9H,1,3-5,7H2,(H,11,12)/b6-2+. The maximum atomic E-state index is 10.2. The van der Waals surface area contributed by atoms with Gasteiger partial charge in [-0.05, 0) is 13.0 Å². The van der Waals surface area contributed by atoms with Crippen LogP contribution in [0.1, 0.15) is 6.42 Å². The van der Waals surface area contributed by atoms with Crippen molar-refractivity contribution in [2.24, 2.45) is 0 Å². The van der Waals surface area contributed by atoms with E-state index in [0.717, 1.165) is 32.6 Å². The highest BCUT2D eigenvalue weighted by molar-refractivity contribution is 5.79. The molecule has 1 aliphatic heterocycles. The van der Waals surface area contributed by atoms with Crippen molar-refractivity contribution >= 4 is 5.97 Å². The van der Waals surface area contributed by atoms with E-state index >= 15 is 0 Å². The first-order valence-electron chi connectivity index (χ1n) is 4.15. The summed E-state index contributed by atoms with van der Waals surface area (Å²) in [5.74, 6) is -0.882. The van der Waals surface area contributed by atoms with Crippen LogP contribution in [-0.2, 0) is 4.79 Å². The number of carbonyl (C=O) groups is 1. The molecular formula is C8H14N2O2. The van der Waals surface area contributed by atoms with E-state index in [1.807, 2.05) is 4.90 Å². The highest BCUT2D eigenvalue weighted by atomic mass is 16.4. The second kappa shape index (κ2) is 4.77. The molecule has 2 N–H and O–H groups in total. The third-order valence-corrected chi connectivity index (χ3v) is 1.80. The van der Waals surface area contributed by atoms with Crippen LogP contribution < -0.4 is 5.32 Å². The monoisotopic (exact) mass is 170 g/mol. The van der Waals surface area contributed by atoms with Gasteiger partial charge in [-0.25, -0.2) is 4.79 Å². The predicted molar refractivity (Wildman–Crippen MR) is 45.8 cm³/mol. The Balaban J connectivity index is 2.34. The normalized spacial score (nSPS) is 19.5. The lowest BCUT2D eigenvalue weighted by Gasteiger charge is -2.15. The molecule has 1 saturated heterocycles. The molecule has 1 heterocycles. The van der Waals surface area contributed by atoms with Crippen LogP contribution in [0, 0.1) is 0 Å². The highest BCUT2D eigenvalue weighted by Gasteiger charge is 2.03. The van der Waals surface area contributed by atoms with Crippen molar-refractivity contribution in [2.45, 2.75) is 6.42 Å². The summed E-state index contributed by atoms with van der Waals surface area (Å²) in [4.78, 5) is 12.2. The minimum absolute atomic E-state index is 0.882. The van der Waals surface area contributed by atoms with Gasteiger partial charge < -0.3 is 15.3 Å². The number of hydrogen-bond acceptors (Lipinski definition) is 3. The zero-order chi connectivity index (χ0) is 8.81. The number of carboxylic acid groups (broad SMARTS) is 1. The lowest BCUT2D eigenvalue weighted by atomic mass is 10.4. The van der Waals surface area contributed by atoms with Crippen molar-refractivity contribution in [3.8, 4) is 0 Å². The molecule has 0 aliphatic carbocycles. The number of hydrogen-bond donors (Lipinski definition) is 2. The number of rotatable bonds is 2. The van der Waals surface area contributed by atoms with Crippen molar-refractivity contribution < 1.29 is 9.90 Å². The molecule has 0 spiro atoms. The van der Waals surface area contributed by atoms with Gasteiger partial charge >= 0.3 is 5.97 Å². The predicted octanol–water partition coefficient (Wildman–Crippen LogP) is -0.120. The molecule has 12 heavy (non-hydrogen) atoms. The quantitative estimate of drug-likeness (QED) is 0.567. The average Bonchev–Trinajstić information content (AvgIpc) is 2.28. The number of nitrogens with one attached hydrogen (secondary N) is 1. The number of aliphatic carboxylic acids is 1. The van der Waals surface area contributed by atoms with Crippen LogP contribution in [0.5, 0.6) is 0 Å². The fraction of sp³-hybridized carbons (Fsp3) is 0.625. The zero-order valence-corrected chi connectivity index (χ0v) is 6.99. The second-order valence-electron chi connectivity index (χ2n) is 2.79. The van der Waals surface area contributed by atoms with Crippen LogP contribution in [0.4, 0.5) is 0 Å². The molecule has 1 fully saturated rings. The van der Waals surface area contributed by atoms with Gasteiger partial charge in [0.25, 0.3) is 0 Å². The Morgan fingerprint density at radius 2 is 2.25 bits per heavy atom. The lowest BCUT2D eigenvalue weighted by Crippen LogP contribution is -2.23. The molecule has 0 aromatic carbocycles. The van der Waals surface area contributed by atoms with E-state index in [-0.39, 0.29) is 0 Å². The van der Waals surface area contributed by atoms with E-state index in [2.05, 4.69) is 5.32 Å². The minimum Gasteiger partial charge on any atom is -0.478 e. The second-order valence-corrected chi connectivity index (χ2v) is 2.79. The van der Waals surface area contributed by atoms with Gasteiger partial charge in [0, 0.05) is 31.9 Å². The topological polar surface area (TPSA) is 52.6 Å². The molecule has 1 rings (SSSR count). The van der Waals surface area contributed by atoms with Crippen molar-refractivity contribution in [1.82, 2.24) is 10.2 Å². The Morgan fingerprint density at radius 3 is 3.00 bits per heavy atom. The highest BCUT2D eigenvalue weighted by Crippen LogP contribution is 1.95. The zero-order valence-electron chi connectivity index (χ0n) is 6.99. The van der Waals surface area contributed by atoms with Crippen molar-refractivity contribution in [3.63, 3.8) is 0 Å². The molecule has 0 atom stereocenters. The van der Waals surface area contributed by atoms with Gasteiger partial charge in [-0.1, -0.05) is 0 Å². The van der Waals surface area contributed by atoms with Gasteiger partial charge in [0.15, 0.2) is 0 Å². The average molecular weight is 170 g/mol. The molecule has 0 radical (unpaired) electrons. The smallest absolute Gasteiger partial charge is 0.329 e. The van der Waals surface area contributed by atoms with Crippen molar-refractivity contribution in [2.75, 3.05) is 26.2 Å². The summed E-state index contributed by atoms with van der Waals surface area (Å²) < 4.78 is 0. The Hall–Kier alpha value is -1.03. The van der Waals surface area contributed by atoms with E-state index in [1.165, 1.54) is 6.08 Å². The molecule has 4 heteroatoms. The van der Waals surface area contributed by atoms with Gasteiger partial charge in [0.05, 0.1) is 0 Å². The molecule has 4 nitrogen and oxygen atoms in total. The van der Waals surface area contributed by atoms with E-state index in [9.17, 15) is 4.79 Å². The largest absolute Gasteiger partial charge is 0.478 e. The van der Waals surface area contributed by atoms with Crippen LogP contribution in [0.25, 0.3) is 0 Å². The summed E-state index contributed by atoms with van der Waals surface area (Å²) in [6.45, 7) is 3.79. The molecule has 0 bridgehead atoms. The SMILES string of the molecule is O=C(O)/C=C/N1CCCNCC1. The molecule has 0 amide bonds. The summed E-state index contributed by atoms with van der Waals surface area (Å²) in [7, 11) is 0. The maximum absolute atomic E-state index is 10.2. The Kier molecular flexibility index (Phi) is 3.60. The summed E-state index contributed by atoms with van der Waals surface area (Å²) in [5, 5.41) is 11.6. The Bertz CT molecular complexity index is 172. The fourth-order valence-electron chi connectivity index (χ4n) is 1.18. The number of carboxylic acids is 1. The van der Waals surface area contributed by atoms with Crippen molar-refractivity contribution in [3.05, 3.63) is 12.3 Å². The minimum atomic E-state index is -0.882. The molecule has 0 aromatic heterocycles. The van der Waals surface area contributed by atoms with Crippen molar-refractivity contribution in [1.29, 1.82) is 0 Å². The molecule has 0 saturated carbocycles. The Morgan fingerprint density at radius 1 is 1.42 bits per heavy atom. The van der Waals surface area contributed by atoms with Gasteiger partial charge in [-0.2, -0.15) is 0 Å². The summed E-state index contributed by atoms with van der Waals surface area (Å²) in [6, 6.07) is 0. The van der Waals surface area contributed by atoms with Crippen LogP contribution >= 0.6 is 0 Å². The van der Waals surface area contributed by atoms with Gasteiger partial charge in [-0.3, -0.25) is 0 Å². The van der Waals surface area contributed by atoms with Crippen LogP contribution in [0.3, 0.4) is 0 Å². The van der Waals surface area contributed by atoms with Crippen LogP contribution in [0.15, 0.2) is 12.3 Å². The first kappa shape index (κ1) is 9.06. The first-order valence-corrected chi connectivity index (χ1v) is 4.15. The van der Waals surface area contributed by atoms with E-state index in [0.29, 0.717) is 0 Å². The third kappa shape index (κ3) is 3.39. The summed E-state index contributed by atoms with van der Waals surface area (Å²) >= 11 is 0. The molecule has 68 valence electrons. The molecule has 0 unspecified atom stereocenters. The summed E-state index contributed by atoms with van der Waals surface area (Å²) in [6.07, 6.45) is 3.91.